The molecular weight excluding hydrogens is 445 g/mol. The third kappa shape index (κ3) is 12.4. The van der Waals surface area contributed by atoms with E-state index in [2.05, 4.69) is 43.3 Å². The van der Waals surface area contributed by atoms with Crippen LogP contribution < -0.4 is 10.6 Å². The number of guanidine groups is 1. The Labute approximate surface area is 173 Å². The molecule has 0 fully saturated rings. The quantitative estimate of drug-likeness (QED) is 0.304. The Hall–Kier alpha value is -0.630. The standard InChI is InChI=1S/C19H33N3OS.HI/c1-5-20-19(22-17(4)12-11-16(2)3)21-13-14-24(23)15-18-9-7-6-8-10-18;/h6-10,16-17H,5,11-15H2,1-4H3,(H2,20,21,22);1H. The number of nitrogens with one attached hydrogen (secondary N) is 2. The van der Waals surface area contributed by atoms with Gasteiger partial charge in [0, 0.05) is 34.9 Å². The monoisotopic (exact) mass is 479 g/mol. The number of aliphatic imine (C=N–C) groups is 1. The number of benzene rings is 1. The first kappa shape index (κ1) is 24.4. The van der Waals surface area contributed by atoms with Crippen molar-refractivity contribution in [3.63, 3.8) is 0 Å². The van der Waals surface area contributed by atoms with E-state index in [1.165, 1.54) is 6.42 Å². The fraction of sp³-hybridized carbons (Fsp3) is 0.632. The van der Waals surface area contributed by atoms with Crippen molar-refractivity contribution in [3.05, 3.63) is 35.9 Å². The molecule has 1 rings (SSSR count). The van der Waals surface area contributed by atoms with E-state index in [0.29, 0.717) is 30.0 Å². The summed E-state index contributed by atoms with van der Waals surface area (Å²) in [7, 11) is -0.876. The van der Waals surface area contributed by atoms with E-state index < -0.39 is 10.8 Å². The van der Waals surface area contributed by atoms with Gasteiger partial charge in [-0.15, -0.1) is 24.0 Å². The van der Waals surface area contributed by atoms with Crippen molar-refractivity contribution in [1.29, 1.82) is 0 Å². The van der Waals surface area contributed by atoms with Crippen LogP contribution in [0.5, 0.6) is 0 Å². The van der Waals surface area contributed by atoms with Gasteiger partial charge in [0.25, 0.3) is 0 Å². The number of halogens is 1. The summed E-state index contributed by atoms with van der Waals surface area (Å²) < 4.78 is 12.2. The first-order valence-electron chi connectivity index (χ1n) is 8.95. The Bertz CT molecular complexity index is 509. The van der Waals surface area contributed by atoms with Gasteiger partial charge in [0.2, 0.25) is 0 Å². The number of hydrogen-bond donors (Lipinski definition) is 2. The van der Waals surface area contributed by atoms with Crippen molar-refractivity contribution in [2.75, 3.05) is 18.8 Å². The van der Waals surface area contributed by atoms with Crippen LogP contribution in [-0.4, -0.2) is 35.1 Å². The number of nitrogens with zero attached hydrogens (tertiary/aromatic N) is 1. The summed E-state index contributed by atoms with van der Waals surface area (Å²) in [5.74, 6) is 2.73. The average molecular weight is 479 g/mol. The molecule has 6 heteroatoms. The normalized spacial score (nSPS) is 13.9. The lowest BCUT2D eigenvalue weighted by atomic mass is 10.0. The van der Waals surface area contributed by atoms with Gasteiger partial charge in [-0.25, -0.2) is 0 Å². The first-order chi connectivity index (χ1) is 11.5. The summed E-state index contributed by atoms with van der Waals surface area (Å²) in [4.78, 5) is 4.56. The maximum atomic E-state index is 12.2. The molecule has 0 bridgehead atoms. The minimum atomic E-state index is -0.876. The van der Waals surface area contributed by atoms with Crippen LogP contribution in [0.2, 0.25) is 0 Å². The average Bonchev–Trinajstić information content (AvgIpc) is 2.54. The Morgan fingerprint density at radius 2 is 1.84 bits per heavy atom. The van der Waals surface area contributed by atoms with Gasteiger partial charge in [0.05, 0.1) is 6.54 Å². The Morgan fingerprint density at radius 3 is 2.44 bits per heavy atom. The van der Waals surface area contributed by atoms with Crippen LogP contribution in [0.1, 0.15) is 46.1 Å². The SMILES string of the molecule is CCNC(=NCCS(=O)Cc1ccccc1)NC(C)CCC(C)C.I. The van der Waals surface area contributed by atoms with Crippen molar-refractivity contribution < 1.29 is 4.21 Å². The molecule has 0 aliphatic heterocycles. The summed E-state index contributed by atoms with van der Waals surface area (Å²) in [6, 6.07) is 10.4. The van der Waals surface area contributed by atoms with Gasteiger partial charge in [-0.1, -0.05) is 44.2 Å². The van der Waals surface area contributed by atoms with Crippen LogP contribution in [-0.2, 0) is 16.6 Å². The molecule has 2 atom stereocenters. The highest BCUT2D eigenvalue weighted by molar-refractivity contribution is 14.0. The zero-order chi connectivity index (χ0) is 17.8. The molecule has 0 amide bonds. The lowest BCUT2D eigenvalue weighted by Gasteiger charge is -2.18. The Kier molecular flexibility index (Phi) is 14.2. The highest BCUT2D eigenvalue weighted by atomic mass is 127. The fourth-order valence-corrected chi connectivity index (χ4v) is 3.30. The molecule has 0 aliphatic rings. The van der Waals surface area contributed by atoms with Crippen molar-refractivity contribution in [2.45, 2.75) is 52.3 Å². The Morgan fingerprint density at radius 1 is 1.16 bits per heavy atom. The molecule has 0 aliphatic carbocycles. The zero-order valence-electron chi connectivity index (χ0n) is 16.0. The van der Waals surface area contributed by atoms with Crippen LogP contribution in [0.4, 0.5) is 0 Å². The maximum absolute atomic E-state index is 12.2. The van der Waals surface area contributed by atoms with E-state index in [0.717, 1.165) is 24.5 Å². The molecule has 4 nitrogen and oxygen atoms in total. The number of hydrogen-bond acceptors (Lipinski definition) is 2. The third-order valence-corrected chi connectivity index (χ3v) is 4.96. The third-order valence-electron chi connectivity index (χ3n) is 3.66. The second-order valence-electron chi connectivity index (χ2n) is 6.55. The highest BCUT2D eigenvalue weighted by Gasteiger charge is 2.07. The van der Waals surface area contributed by atoms with E-state index in [9.17, 15) is 4.21 Å². The molecule has 0 saturated carbocycles. The molecule has 2 N–H and O–H groups in total. The van der Waals surface area contributed by atoms with E-state index in [4.69, 9.17) is 0 Å². The van der Waals surface area contributed by atoms with Gasteiger partial charge >= 0.3 is 0 Å². The lowest BCUT2D eigenvalue weighted by Crippen LogP contribution is -2.42. The Balaban J connectivity index is 0.00000576. The van der Waals surface area contributed by atoms with E-state index >= 15 is 0 Å². The van der Waals surface area contributed by atoms with E-state index in [-0.39, 0.29) is 24.0 Å². The second kappa shape index (κ2) is 14.5. The molecule has 1 aromatic carbocycles. The maximum Gasteiger partial charge on any atom is 0.191 e. The van der Waals surface area contributed by atoms with Gasteiger partial charge < -0.3 is 10.6 Å². The van der Waals surface area contributed by atoms with Crippen molar-refractivity contribution in [2.24, 2.45) is 10.9 Å². The molecule has 0 radical (unpaired) electrons. The zero-order valence-corrected chi connectivity index (χ0v) is 19.1. The van der Waals surface area contributed by atoms with Crippen LogP contribution in [0.15, 0.2) is 35.3 Å². The van der Waals surface area contributed by atoms with E-state index in [1.807, 2.05) is 30.3 Å². The van der Waals surface area contributed by atoms with E-state index in [1.54, 1.807) is 0 Å². The molecule has 0 heterocycles. The second-order valence-corrected chi connectivity index (χ2v) is 8.13. The summed E-state index contributed by atoms with van der Waals surface area (Å²) in [5.41, 5.74) is 1.12. The van der Waals surface area contributed by atoms with Crippen molar-refractivity contribution in [3.8, 4) is 0 Å². The highest BCUT2D eigenvalue weighted by Crippen LogP contribution is 2.06. The summed E-state index contributed by atoms with van der Waals surface area (Å²) in [6.45, 7) is 10.1. The first-order valence-corrected chi connectivity index (χ1v) is 10.4. The molecule has 0 spiro atoms. The van der Waals surface area contributed by atoms with Gasteiger partial charge in [-0.2, -0.15) is 0 Å². The van der Waals surface area contributed by atoms with Crippen molar-refractivity contribution in [1.82, 2.24) is 10.6 Å². The molecule has 0 saturated heterocycles. The molecule has 2 unspecified atom stereocenters. The topological polar surface area (TPSA) is 53.5 Å². The van der Waals surface area contributed by atoms with Gasteiger partial charge in [0.1, 0.15) is 0 Å². The van der Waals surface area contributed by atoms with Crippen LogP contribution in [0.25, 0.3) is 0 Å². The van der Waals surface area contributed by atoms with Crippen LogP contribution in [0.3, 0.4) is 0 Å². The molecular formula is C19H34IN3OS. The lowest BCUT2D eigenvalue weighted by molar-refractivity contribution is 0.489. The predicted octanol–water partition coefficient (Wildman–Crippen LogP) is 3.93. The summed E-state index contributed by atoms with van der Waals surface area (Å²) >= 11 is 0. The molecule has 0 aromatic heterocycles. The summed E-state index contributed by atoms with van der Waals surface area (Å²) in [6.07, 6.45) is 2.33. The smallest absolute Gasteiger partial charge is 0.191 e. The van der Waals surface area contributed by atoms with Crippen LogP contribution >= 0.6 is 24.0 Å². The minimum absolute atomic E-state index is 0. The molecule has 144 valence electrons. The van der Waals surface area contributed by atoms with Gasteiger partial charge in [-0.3, -0.25) is 9.20 Å². The minimum Gasteiger partial charge on any atom is -0.357 e. The fourth-order valence-electron chi connectivity index (χ4n) is 2.30. The molecule has 25 heavy (non-hydrogen) atoms. The molecule has 1 aromatic rings. The summed E-state index contributed by atoms with van der Waals surface area (Å²) in [5, 5.41) is 6.70. The van der Waals surface area contributed by atoms with Gasteiger partial charge in [-0.05, 0) is 38.2 Å². The van der Waals surface area contributed by atoms with Crippen molar-refractivity contribution >= 4 is 40.7 Å². The van der Waals surface area contributed by atoms with Gasteiger partial charge in [0.15, 0.2) is 5.96 Å². The number of rotatable bonds is 10. The van der Waals surface area contributed by atoms with Crippen LogP contribution in [0, 0.1) is 5.92 Å². The predicted molar refractivity (Wildman–Crippen MR) is 121 cm³/mol. The largest absolute Gasteiger partial charge is 0.357 e.